The van der Waals surface area contributed by atoms with Gasteiger partial charge < -0.3 is 19.3 Å². The van der Waals surface area contributed by atoms with Crippen LogP contribution in [0.5, 0.6) is 0 Å². The quantitative estimate of drug-likeness (QED) is 0.748. The molecule has 0 amide bonds. The van der Waals surface area contributed by atoms with Crippen LogP contribution in [0, 0.1) is 0 Å². The Morgan fingerprint density at radius 1 is 1.65 bits per heavy atom. The first-order valence-corrected chi connectivity index (χ1v) is 5.25. The molecule has 1 saturated heterocycles. The summed E-state index contributed by atoms with van der Waals surface area (Å²) in [6.45, 7) is 4.07. The highest BCUT2D eigenvalue weighted by Crippen LogP contribution is 2.31. The SMILES string of the molecule is CCOC(=O)C(F)(F)[C@@H](O)[C@H]1COC(C)(C)O1. The molecule has 0 bridgehead atoms. The standard InChI is InChI=1S/C10H16F2O5/c1-4-15-8(14)10(11,12)7(13)6-5-16-9(2,3)17-6/h6-7,13H,4-5H2,1-3H3/t6-,7+/m1/s1. The van der Waals surface area contributed by atoms with E-state index >= 15 is 0 Å². The van der Waals surface area contributed by atoms with E-state index in [0.29, 0.717) is 0 Å². The van der Waals surface area contributed by atoms with E-state index in [0.717, 1.165) is 0 Å². The van der Waals surface area contributed by atoms with Crippen LogP contribution in [0.4, 0.5) is 8.78 Å². The van der Waals surface area contributed by atoms with Crippen LogP contribution in [0.15, 0.2) is 0 Å². The maximum atomic E-state index is 13.4. The minimum Gasteiger partial charge on any atom is -0.461 e. The van der Waals surface area contributed by atoms with Crippen molar-refractivity contribution in [2.24, 2.45) is 0 Å². The fourth-order valence-electron chi connectivity index (χ4n) is 1.45. The second-order valence-electron chi connectivity index (χ2n) is 4.16. The topological polar surface area (TPSA) is 65.0 Å². The molecule has 100 valence electrons. The van der Waals surface area contributed by atoms with Crippen molar-refractivity contribution in [3.63, 3.8) is 0 Å². The van der Waals surface area contributed by atoms with Gasteiger partial charge in [-0.05, 0) is 20.8 Å². The molecule has 1 fully saturated rings. The highest BCUT2D eigenvalue weighted by atomic mass is 19.3. The molecule has 0 aromatic carbocycles. The molecule has 1 aliphatic rings. The van der Waals surface area contributed by atoms with Crippen LogP contribution >= 0.6 is 0 Å². The Morgan fingerprint density at radius 3 is 2.65 bits per heavy atom. The molecule has 0 saturated carbocycles. The van der Waals surface area contributed by atoms with E-state index in [1.54, 1.807) is 0 Å². The largest absolute Gasteiger partial charge is 0.461 e. The fraction of sp³-hybridized carbons (Fsp3) is 0.900. The van der Waals surface area contributed by atoms with Gasteiger partial charge in [0.1, 0.15) is 6.10 Å². The minimum atomic E-state index is -4.01. The van der Waals surface area contributed by atoms with Crippen molar-refractivity contribution in [3.05, 3.63) is 0 Å². The number of alkyl halides is 2. The zero-order valence-corrected chi connectivity index (χ0v) is 9.91. The zero-order chi connectivity index (χ0) is 13.3. The predicted molar refractivity (Wildman–Crippen MR) is 52.5 cm³/mol. The third kappa shape index (κ3) is 3.11. The summed E-state index contributed by atoms with van der Waals surface area (Å²) in [5.41, 5.74) is 0. The normalized spacial score (nSPS) is 25.6. The molecule has 17 heavy (non-hydrogen) atoms. The number of aliphatic hydroxyl groups excluding tert-OH is 1. The lowest BCUT2D eigenvalue weighted by atomic mass is 10.1. The third-order valence-electron chi connectivity index (χ3n) is 2.30. The van der Waals surface area contributed by atoms with E-state index in [-0.39, 0.29) is 13.2 Å². The van der Waals surface area contributed by atoms with Crippen molar-refractivity contribution in [1.82, 2.24) is 0 Å². The Kier molecular flexibility index (Phi) is 4.06. The van der Waals surface area contributed by atoms with Crippen molar-refractivity contribution < 1.29 is 32.9 Å². The molecule has 5 nitrogen and oxygen atoms in total. The summed E-state index contributed by atoms with van der Waals surface area (Å²) < 4.78 is 41.2. The van der Waals surface area contributed by atoms with Crippen molar-refractivity contribution in [2.45, 2.75) is 44.7 Å². The maximum absolute atomic E-state index is 13.4. The van der Waals surface area contributed by atoms with E-state index in [4.69, 9.17) is 9.47 Å². The Morgan fingerprint density at radius 2 is 2.24 bits per heavy atom. The number of carbonyl (C=O) groups is 1. The maximum Gasteiger partial charge on any atom is 0.379 e. The molecule has 7 heteroatoms. The summed E-state index contributed by atoms with van der Waals surface area (Å²) >= 11 is 0. The summed E-state index contributed by atoms with van der Waals surface area (Å²) in [4.78, 5) is 11.0. The molecular formula is C10H16F2O5. The van der Waals surface area contributed by atoms with Gasteiger partial charge in [0, 0.05) is 0 Å². The first-order valence-electron chi connectivity index (χ1n) is 5.25. The van der Waals surface area contributed by atoms with Gasteiger partial charge in [-0.25, -0.2) is 4.79 Å². The molecule has 1 heterocycles. The highest BCUT2D eigenvalue weighted by Gasteiger charge is 2.54. The lowest BCUT2D eigenvalue weighted by molar-refractivity contribution is -0.210. The van der Waals surface area contributed by atoms with Gasteiger partial charge in [-0.15, -0.1) is 0 Å². The number of halogens is 2. The number of aliphatic hydroxyl groups is 1. The van der Waals surface area contributed by atoms with Crippen molar-refractivity contribution in [3.8, 4) is 0 Å². The summed E-state index contributed by atoms with van der Waals surface area (Å²) in [6.07, 6.45) is -3.55. The number of hydrogen-bond acceptors (Lipinski definition) is 5. The van der Waals surface area contributed by atoms with Crippen LogP contribution in [0.2, 0.25) is 0 Å². The molecule has 0 unspecified atom stereocenters. The molecule has 0 aromatic heterocycles. The predicted octanol–water partition coefficient (Wildman–Crippen LogP) is 0.697. The molecule has 1 rings (SSSR count). The first kappa shape index (κ1) is 14.3. The Bertz CT molecular complexity index is 292. The number of carbonyl (C=O) groups excluding carboxylic acids is 1. The van der Waals surface area contributed by atoms with Crippen LogP contribution in [0.3, 0.4) is 0 Å². The first-order chi connectivity index (χ1) is 7.70. The molecule has 0 spiro atoms. The monoisotopic (exact) mass is 254 g/mol. The smallest absolute Gasteiger partial charge is 0.379 e. The molecular weight excluding hydrogens is 238 g/mol. The lowest BCUT2D eigenvalue weighted by Gasteiger charge is -2.25. The fourth-order valence-corrected chi connectivity index (χ4v) is 1.45. The van der Waals surface area contributed by atoms with Crippen LogP contribution < -0.4 is 0 Å². The van der Waals surface area contributed by atoms with Gasteiger partial charge in [0.15, 0.2) is 11.9 Å². The van der Waals surface area contributed by atoms with E-state index in [9.17, 15) is 18.7 Å². The van der Waals surface area contributed by atoms with Crippen molar-refractivity contribution >= 4 is 5.97 Å². The highest BCUT2D eigenvalue weighted by molar-refractivity contribution is 5.78. The lowest BCUT2D eigenvalue weighted by Crippen LogP contribution is -2.50. The Balaban J connectivity index is 2.69. The second kappa shape index (κ2) is 4.83. The number of rotatable bonds is 4. The summed E-state index contributed by atoms with van der Waals surface area (Å²) in [7, 11) is 0. The summed E-state index contributed by atoms with van der Waals surface area (Å²) in [6, 6.07) is 0. The molecule has 1 N–H and O–H groups in total. The summed E-state index contributed by atoms with van der Waals surface area (Å²) in [5, 5.41) is 9.45. The average Bonchev–Trinajstić information content (AvgIpc) is 2.58. The average molecular weight is 254 g/mol. The van der Waals surface area contributed by atoms with Crippen LogP contribution in [0.25, 0.3) is 0 Å². The van der Waals surface area contributed by atoms with Crippen LogP contribution in [-0.2, 0) is 19.0 Å². The molecule has 0 radical (unpaired) electrons. The van der Waals surface area contributed by atoms with E-state index in [1.807, 2.05) is 0 Å². The number of hydrogen-bond donors (Lipinski definition) is 1. The van der Waals surface area contributed by atoms with Crippen LogP contribution in [0.1, 0.15) is 20.8 Å². The van der Waals surface area contributed by atoms with E-state index in [2.05, 4.69) is 4.74 Å². The Hall–Kier alpha value is -0.790. The second-order valence-corrected chi connectivity index (χ2v) is 4.16. The van der Waals surface area contributed by atoms with Gasteiger partial charge in [-0.3, -0.25) is 0 Å². The van der Waals surface area contributed by atoms with Crippen LogP contribution in [-0.4, -0.2) is 48.2 Å². The molecule has 2 atom stereocenters. The van der Waals surface area contributed by atoms with Gasteiger partial charge in [-0.2, -0.15) is 8.78 Å². The minimum absolute atomic E-state index is 0.186. The number of ether oxygens (including phenoxy) is 3. The van der Waals surface area contributed by atoms with E-state index < -0.39 is 29.9 Å². The zero-order valence-electron chi connectivity index (χ0n) is 9.91. The molecule has 0 aliphatic carbocycles. The van der Waals surface area contributed by atoms with E-state index in [1.165, 1.54) is 20.8 Å². The third-order valence-corrected chi connectivity index (χ3v) is 2.30. The van der Waals surface area contributed by atoms with Gasteiger partial charge in [0.25, 0.3) is 0 Å². The molecule has 0 aromatic rings. The molecule has 1 aliphatic heterocycles. The van der Waals surface area contributed by atoms with Gasteiger partial charge in [0.05, 0.1) is 13.2 Å². The van der Waals surface area contributed by atoms with Crippen molar-refractivity contribution in [1.29, 1.82) is 0 Å². The Labute approximate surface area is 97.6 Å². The summed E-state index contributed by atoms with van der Waals surface area (Å²) in [5.74, 6) is -6.82. The van der Waals surface area contributed by atoms with Crippen molar-refractivity contribution in [2.75, 3.05) is 13.2 Å². The van der Waals surface area contributed by atoms with Gasteiger partial charge in [-0.1, -0.05) is 0 Å². The van der Waals surface area contributed by atoms with Gasteiger partial charge in [0.2, 0.25) is 0 Å². The number of esters is 1. The van der Waals surface area contributed by atoms with Gasteiger partial charge >= 0.3 is 11.9 Å².